The summed E-state index contributed by atoms with van der Waals surface area (Å²) in [5, 5.41) is 11.0. The lowest BCUT2D eigenvalue weighted by molar-refractivity contribution is -0.384. The van der Waals surface area contributed by atoms with Gasteiger partial charge in [0.2, 0.25) is 0 Å². The van der Waals surface area contributed by atoms with Gasteiger partial charge in [-0.2, -0.15) is 4.99 Å². The van der Waals surface area contributed by atoms with Crippen LogP contribution in [0.4, 0.5) is 5.69 Å². The third-order valence-electron chi connectivity index (χ3n) is 3.96. The summed E-state index contributed by atoms with van der Waals surface area (Å²) in [6.45, 7) is 0.166. The number of nitro groups is 1. The summed E-state index contributed by atoms with van der Waals surface area (Å²) in [5.74, 6) is 2.82. The molecular weight excluding hydrogens is 382 g/mol. The molecule has 0 spiro atoms. The maximum atomic E-state index is 12.8. The number of fused-ring (bicyclic) bond motifs is 1. The molecule has 28 heavy (non-hydrogen) atoms. The fourth-order valence-corrected chi connectivity index (χ4v) is 3.69. The van der Waals surface area contributed by atoms with Crippen LogP contribution in [0.15, 0.2) is 41.4 Å². The van der Waals surface area contributed by atoms with Crippen molar-refractivity contribution in [3.8, 4) is 23.8 Å². The number of nitro benzene ring substituents is 1. The van der Waals surface area contributed by atoms with E-state index in [2.05, 4.69) is 10.9 Å². The molecule has 0 aliphatic carbocycles. The lowest BCUT2D eigenvalue weighted by atomic mass is 10.2. The number of thiazole rings is 1. The summed E-state index contributed by atoms with van der Waals surface area (Å²) in [7, 11) is 2.95. The molecule has 0 bridgehead atoms. The number of non-ortho nitro benzene ring substituents is 1. The predicted molar refractivity (Wildman–Crippen MR) is 105 cm³/mol. The Bertz CT molecular complexity index is 1190. The molecule has 0 fully saturated rings. The highest BCUT2D eigenvalue weighted by atomic mass is 32.1. The van der Waals surface area contributed by atoms with E-state index in [0.29, 0.717) is 26.5 Å². The Morgan fingerprint density at radius 1 is 1.29 bits per heavy atom. The van der Waals surface area contributed by atoms with Gasteiger partial charge in [0, 0.05) is 12.1 Å². The molecule has 1 heterocycles. The summed E-state index contributed by atoms with van der Waals surface area (Å²) >= 11 is 1.15. The molecule has 3 aromatic rings. The average Bonchev–Trinajstić information content (AvgIpc) is 3.03. The molecule has 3 rings (SSSR count). The Hall–Kier alpha value is -3.64. The van der Waals surface area contributed by atoms with Crippen molar-refractivity contribution in [2.45, 2.75) is 6.54 Å². The monoisotopic (exact) mass is 397 g/mol. The highest BCUT2D eigenvalue weighted by Gasteiger charge is 2.16. The van der Waals surface area contributed by atoms with Gasteiger partial charge in [0.05, 0.1) is 41.5 Å². The summed E-state index contributed by atoms with van der Waals surface area (Å²) < 4.78 is 12.7. The van der Waals surface area contributed by atoms with E-state index in [4.69, 9.17) is 15.9 Å². The molecule has 2 aromatic carbocycles. The van der Waals surface area contributed by atoms with Gasteiger partial charge in [-0.3, -0.25) is 14.9 Å². The molecular formula is C19H15N3O5S. The van der Waals surface area contributed by atoms with Crippen molar-refractivity contribution in [3.63, 3.8) is 0 Å². The summed E-state index contributed by atoms with van der Waals surface area (Å²) in [5.41, 5.74) is 0.851. The number of terminal acetylenes is 1. The molecule has 0 unspecified atom stereocenters. The third kappa shape index (κ3) is 3.58. The third-order valence-corrected chi connectivity index (χ3v) is 5.00. The zero-order valence-corrected chi connectivity index (χ0v) is 15.9. The normalized spacial score (nSPS) is 11.2. The number of carbonyl (C=O) groups is 1. The molecule has 0 aliphatic heterocycles. The fourth-order valence-electron chi connectivity index (χ4n) is 2.63. The van der Waals surface area contributed by atoms with Gasteiger partial charge in [0.25, 0.3) is 11.6 Å². The summed E-state index contributed by atoms with van der Waals surface area (Å²) in [6, 6.07) is 9.24. The first-order chi connectivity index (χ1) is 13.5. The second-order valence-corrected chi connectivity index (χ2v) is 6.58. The van der Waals surface area contributed by atoms with E-state index in [1.807, 2.05) is 0 Å². The minimum absolute atomic E-state index is 0.0473. The van der Waals surface area contributed by atoms with E-state index in [0.717, 1.165) is 11.3 Å². The van der Waals surface area contributed by atoms with Crippen LogP contribution in [0, 0.1) is 22.5 Å². The zero-order chi connectivity index (χ0) is 20.3. The van der Waals surface area contributed by atoms with Gasteiger partial charge in [-0.15, -0.1) is 6.42 Å². The van der Waals surface area contributed by atoms with E-state index >= 15 is 0 Å². The van der Waals surface area contributed by atoms with Crippen molar-refractivity contribution in [2.24, 2.45) is 4.99 Å². The van der Waals surface area contributed by atoms with Crippen LogP contribution in [0.2, 0.25) is 0 Å². The largest absolute Gasteiger partial charge is 0.497 e. The van der Waals surface area contributed by atoms with Crippen molar-refractivity contribution in [2.75, 3.05) is 14.2 Å². The molecule has 1 amide bonds. The van der Waals surface area contributed by atoms with Gasteiger partial charge in [0.1, 0.15) is 11.5 Å². The van der Waals surface area contributed by atoms with Crippen LogP contribution in [0.25, 0.3) is 10.2 Å². The zero-order valence-electron chi connectivity index (χ0n) is 15.0. The number of amides is 1. The molecule has 0 saturated carbocycles. The molecule has 9 heteroatoms. The van der Waals surface area contributed by atoms with Gasteiger partial charge in [0.15, 0.2) is 4.80 Å². The SMILES string of the molecule is C#CCn1c(=NC(=O)c2cc(OC)ccc2OC)sc2cc([N+](=O)[O-])ccc21. The minimum atomic E-state index is -0.539. The Kier molecular flexibility index (Phi) is 5.42. The highest BCUT2D eigenvalue weighted by Crippen LogP contribution is 2.26. The first-order valence-electron chi connectivity index (χ1n) is 8.00. The number of hydrogen-bond acceptors (Lipinski definition) is 6. The first-order valence-corrected chi connectivity index (χ1v) is 8.82. The van der Waals surface area contributed by atoms with Gasteiger partial charge in [-0.25, -0.2) is 0 Å². The molecule has 0 radical (unpaired) electrons. The Labute approximate surface area is 163 Å². The molecule has 8 nitrogen and oxygen atoms in total. The number of benzene rings is 2. The lowest BCUT2D eigenvalue weighted by Crippen LogP contribution is -2.16. The number of rotatable bonds is 5. The molecule has 0 N–H and O–H groups in total. The van der Waals surface area contributed by atoms with Crippen LogP contribution in [-0.2, 0) is 6.54 Å². The van der Waals surface area contributed by atoms with Crippen molar-refractivity contribution in [3.05, 3.63) is 56.9 Å². The van der Waals surface area contributed by atoms with Crippen LogP contribution >= 0.6 is 11.3 Å². The van der Waals surface area contributed by atoms with Gasteiger partial charge < -0.3 is 14.0 Å². The first kappa shape index (κ1) is 19.1. The van der Waals surface area contributed by atoms with Gasteiger partial charge >= 0.3 is 0 Å². The highest BCUT2D eigenvalue weighted by molar-refractivity contribution is 7.16. The van der Waals surface area contributed by atoms with Crippen LogP contribution in [-0.4, -0.2) is 29.6 Å². The molecule has 1 aromatic heterocycles. The molecule has 0 atom stereocenters. The minimum Gasteiger partial charge on any atom is -0.497 e. The topological polar surface area (TPSA) is 96.0 Å². The quantitative estimate of drug-likeness (QED) is 0.375. The predicted octanol–water partition coefficient (Wildman–Crippen LogP) is 3.00. The van der Waals surface area contributed by atoms with Crippen LogP contribution in [0.3, 0.4) is 0 Å². The second-order valence-electron chi connectivity index (χ2n) is 5.57. The van der Waals surface area contributed by atoms with E-state index in [1.54, 1.807) is 22.8 Å². The standard InChI is InChI=1S/C19H15N3O5S/c1-4-9-21-15-7-5-12(22(24)25)10-17(15)28-19(21)20-18(23)14-11-13(26-2)6-8-16(14)27-3/h1,5-8,10-11H,9H2,2-3H3. The molecule has 0 aliphatic rings. The Balaban J connectivity index is 2.18. The van der Waals surface area contributed by atoms with Crippen LogP contribution in [0.1, 0.15) is 10.4 Å². The van der Waals surface area contributed by atoms with E-state index < -0.39 is 10.8 Å². The second kappa shape index (κ2) is 7.94. The van der Waals surface area contributed by atoms with Gasteiger partial charge in [-0.1, -0.05) is 17.3 Å². The number of carbonyl (C=O) groups excluding carboxylic acids is 1. The van der Waals surface area contributed by atoms with E-state index in [1.165, 1.54) is 32.4 Å². The van der Waals surface area contributed by atoms with E-state index in [-0.39, 0.29) is 17.8 Å². The number of aromatic nitrogens is 1. The molecule has 142 valence electrons. The van der Waals surface area contributed by atoms with Crippen molar-refractivity contribution < 1.29 is 19.2 Å². The lowest BCUT2D eigenvalue weighted by Gasteiger charge is -2.07. The molecule has 0 saturated heterocycles. The van der Waals surface area contributed by atoms with Gasteiger partial charge in [-0.05, 0) is 24.3 Å². The Morgan fingerprint density at radius 2 is 2.07 bits per heavy atom. The number of ether oxygens (including phenoxy) is 2. The number of methoxy groups -OCH3 is 2. The van der Waals surface area contributed by atoms with Crippen LogP contribution in [0.5, 0.6) is 11.5 Å². The summed E-state index contributed by atoms with van der Waals surface area (Å²) in [6.07, 6.45) is 5.45. The van der Waals surface area contributed by atoms with Crippen LogP contribution < -0.4 is 14.3 Å². The summed E-state index contributed by atoms with van der Waals surface area (Å²) in [4.78, 5) is 27.9. The maximum absolute atomic E-state index is 12.8. The Morgan fingerprint density at radius 3 is 2.71 bits per heavy atom. The van der Waals surface area contributed by atoms with E-state index in [9.17, 15) is 14.9 Å². The number of nitrogens with zero attached hydrogens (tertiary/aromatic N) is 3. The van der Waals surface area contributed by atoms with Crippen molar-refractivity contribution >= 4 is 33.1 Å². The average molecular weight is 397 g/mol. The smallest absolute Gasteiger partial charge is 0.283 e. The fraction of sp³-hybridized carbons (Fsp3) is 0.158. The maximum Gasteiger partial charge on any atom is 0.283 e. The number of hydrogen-bond donors (Lipinski definition) is 0. The van der Waals surface area contributed by atoms with Crippen molar-refractivity contribution in [1.82, 2.24) is 4.57 Å². The van der Waals surface area contributed by atoms with Crippen molar-refractivity contribution in [1.29, 1.82) is 0 Å².